The van der Waals surface area contributed by atoms with Crippen molar-refractivity contribution in [2.75, 3.05) is 6.54 Å². The fourth-order valence-electron chi connectivity index (χ4n) is 5.10. The Kier molecular flexibility index (Phi) is 5.83. The average molecular weight is 467 g/mol. The standard InChI is InChI=1S/C26H25F3N4O/c1-16-12-18(6-7-19(16)23(34)14-17-4-2-3-5-17)13-21-25-32-15-22(33(25)11-10-30-21)20-8-9-31-24(20)26(27,28)29/h6-8,10-12,15,17H,2-5,9,13-14H2,1H3. The molecule has 0 atom stereocenters. The molecule has 2 aliphatic rings. The number of rotatable bonds is 6. The van der Waals surface area contributed by atoms with Crippen LogP contribution in [-0.2, 0) is 6.42 Å². The number of hydrogen-bond acceptors (Lipinski definition) is 4. The summed E-state index contributed by atoms with van der Waals surface area (Å²) in [6.07, 6.45) is 7.34. The maximum atomic E-state index is 13.4. The molecule has 1 aliphatic heterocycles. The molecule has 0 amide bonds. The smallest absolute Gasteiger partial charge is 0.297 e. The number of nitrogens with zero attached hydrogens (tertiary/aromatic N) is 4. The first kappa shape index (κ1) is 22.5. The van der Waals surface area contributed by atoms with E-state index in [1.165, 1.54) is 25.1 Å². The highest BCUT2D eigenvalue weighted by Gasteiger charge is 2.40. The van der Waals surface area contributed by atoms with Crippen LogP contribution in [0.3, 0.4) is 0 Å². The summed E-state index contributed by atoms with van der Waals surface area (Å²) in [4.78, 5) is 25.2. The maximum absolute atomic E-state index is 13.4. The van der Waals surface area contributed by atoms with E-state index in [-0.39, 0.29) is 17.9 Å². The number of carbonyl (C=O) groups excluding carboxylic acids is 1. The van der Waals surface area contributed by atoms with Crippen LogP contribution < -0.4 is 0 Å². The van der Waals surface area contributed by atoms with E-state index in [2.05, 4.69) is 15.0 Å². The second-order valence-corrected chi connectivity index (χ2v) is 9.12. The fourth-order valence-corrected chi connectivity index (χ4v) is 5.10. The summed E-state index contributed by atoms with van der Waals surface area (Å²) in [6.45, 7) is 1.94. The van der Waals surface area contributed by atoms with Crippen molar-refractivity contribution < 1.29 is 18.0 Å². The summed E-state index contributed by atoms with van der Waals surface area (Å²) in [6, 6.07) is 5.80. The molecule has 34 heavy (non-hydrogen) atoms. The Morgan fingerprint density at radius 1 is 1.18 bits per heavy atom. The summed E-state index contributed by atoms with van der Waals surface area (Å²) in [5.41, 5.74) is 3.33. The quantitative estimate of drug-likeness (QED) is 0.432. The molecule has 1 aliphatic carbocycles. The van der Waals surface area contributed by atoms with Gasteiger partial charge < -0.3 is 0 Å². The number of benzene rings is 1. The Hall–Kier alpha value is -3.29. The highest BCUT2D eigenvalue weighted by molar-refractivity contribution is 6.27. The molecule has 176 valence electrons. The third-order valence-electron chi connectivity index (χ3n) is 6.76. The molecule has 0 saturated heterocycles. The minimum Gasteiger partial charge on any atom is -0.297 e. The molecule has 3 heterocycles. The first-order chi connectivity index (χ1) is 16.3. The molecule has 1 fully saturated rings. The lowest BCUT2D eigenvalue weighted by molar-refractivity contribution is -0.0571. The van der Waals surface area contributed by atoms with E-state index in [0.717, 1.165) is 29.5 Å². The highest BCUT2D eigenvalue weighted by Crippen LogP contribution is 2.32. The Bertz CT molecular complexity index is 1310. The van der Waals surface area contributed by atoms with Gasteiger partial charge in [-0.15, -0.1) is 0 Å². The van der Waals surface area contributed by atoms with Gasteiger partial charge in [-0.1, -0.05) is 50.0 Å². The molecule has 0 unspecified atom stereocenters. The van der Waals surface area contributed by atoms with Crippen molar-refractivity contribution in [3.63, 3.8) is 0 Å². The molecule has 2 aromatic heterocycles. The van der Waals surface area contributed by atoms with Crippen LogP contribution in [0.2, 0.25) is 0 Å². The van der Waals surface area contributed by atoms with Gasteiger partial charge in [-0.3, -0.25) is 19.2 Å². The summed E-state index contributed by atoms with van der Waals surface area (Å²) >= 11 is 0. The molecule has 0 spiro atoms. The SMILES string of the molecule is Cc1cc(Cc2nccn3c(C4=CCN=C4C(F)(F)F)cnc23)ccc1C(=O)CC1CCCC1. The van der Waals surface area contributed by atoms with Crippen molar-refractivity contribution in [2.45, 2.75) is 51.6 Å². The first-order valence-corrected chi connectivity index (χ1v) is 11.6. The third kappa shape index (κ3) is 4.29. The van der Waals surface area contributed by atoms with E-state index in [9.17, 15) is 18.0 Å². The van der Waals surface area contributed by atoms with Crippen LogP contribution >= 0.6 is 0 Å². The molecular formula is C26H25F3N4O. The number of fused-ring (bicyclic) bond motifs is 1. The van der Waals surface area contributed by atoms with E-state index in [1.807, 2.05) is 25.1 Å². The molecule has 0 radical (unpaired) electrons. The maximum Gasteiger partial charge on any atom is 0.433 e. The van der Waals surface area contributed by atoms with Crippen LogP contribution in [0.25, 0.3) is 11.2 Å². The van der Waals surface area contributed by atoms with Gasteiger partial charge in [-0.2, -0.15) is 13.2 Å². The number of imidazole rings is 1. The predicted molar refractivity (Wildman–Crippen MR) is 124 cm³/mol. The molecular weight excluding hydrogens is 441 g/mol. The minimum absolute atomic E-state index is 0.000440. The minimum atomic E-state index is -4.52. The van der Waals surface area contributed by atoms with E-state index >= 15 is 0 Å². The molecule has 0 bridgehead atoms. The molecule has 5 nitrogen and oxygen atoms in total. The summed E-state index contributed by atoms with van der Waals surface area (Å²) in [7, 11) is 0. The van der Waals surface area contributed by atoms with Crippen LogP contribution in [0, 0.1) is 12.8 Å². The molecule has 3 aromatic rings. The molecule has 1 aromatic carbocycles. The van der Waals surface area contributed by atoms with Gasteiger partial charge in [0.1, 0.15) is 5.71 Å². The molecule has 1 saturated carbocycles. The topological polar surface area (TPSA) is 59.6 Å². The Balaban J connectivity index is 1.39. The van der Waals surface area contributed by atoms with Crippen molar-refractivity contribution in [3.05, 3.63) is 70.9 Å². The number of aliphatic imine (C=N–C) groups is 1. The first-order valence-electron chi connectivity index (χ1n) is 11.6. The second kappa shape index (κ2) is 8.81. The number of Topliss-reactive ketones (excluding diaryl/α,β-unsaturated/α-hetero) is 1. The van der Waals surface area contributed by atoms with Crippen molar-refractivity contribution in [2.24, 2.45) is 10.9 Å². The lowest BCUT2D eigenvalue weighted by Gasteiger charge is -2.12. The van der Waals surface area contributed by atoms with Crippen LogP contribution in [0.1, 0.15) is 65.0 Å². The van der Waals surface area contributed by atoms with E-state index in [1.54, 1.807) is 16.8 Å². The lowest BCUT2D eigenvalue weighted by atomic mass is 9.93. The summed E-state index contributed by atoms with van der Waals surface area (Å²) in [5.74, 6) is 0.696. The molecule has 8 heteroatoms. The zero-order chi connectivity index (χ0) is 23.9. The number of aromatic nitrogens is 3. The van der Waals surface area contributed by atoms with Gasteiger partial charge in [0, 0.05) is 36.4 Å². The van der Waals surface area contributed by atoms with Gasteiger partial charge in [0.15, 0.2) is 11.4 Å². The number of hydrogen-bond donors (Lipinski definition) is 0. The Morgan fingerprint density at radius 2 is 1.97 bits per heavy atom. The third-order valence-corrected chi connectivity index (χ3v) is 6.76. The monoisotopic (exact) mass is 466 g/mol. The molecule has 5 rings (SSSR count). The number of carbonyl (C=O) groups is 1. The van der Waals surface area contributed by atoms with Gasteiger partial charge in [0.25, 0.3) is 0 Å². The number of halogens is 3. The zero-order valence-electron chi connectivity index (χ0n) is 18.9. The molecule has 0 N–H and O–H groups in total. The fraction of sp³-hybridized carbons (Fsp3) is 0.385. The summed E-state index contributed by atoms with van der Waals surface area (Å²) in [5, 5.41) is 0. The normalized spacial score (nSPS) is 16.8. The number of ketones is 1. The van der Waals surface area contributed by atoms with Gasteiger partial charge in [0.05, 0.1) is 24.1 Å². The predicted octanol–water partition coefficient (Wildman–Crippen LogP) is 5.79. The van der Waals surface area contributed by atoms with E-state index in [0.29, 0.717) is 35.8 Å². The van der Waals surface area contributed by atoms with Crippen molar-refractivity contribution in [3.8, 4) is 0 Å². The van der Waals surface area contributed by atoms with Crippen molar-refractivity contribution in [1.82, 2.24) is 14.4 Å². The zero-order valence-corrected chi connectivity index (χ0v) is 18.9. The van der Waals surface area contributed by atoms with Gasteiger partial charge in [-0.05, 0) is 24.0 Å². The van der Waals surface area contributed by atoms with Gasteiger partial charge in [0.2, 0.25) is 0 Å². The highest BCUT2D eigenvalue weighted by atomic mass is 19.4. The van der Waals surface area contributed by atoms with Crippen LogP contribution in [-0.4, -0.2) is 38.6 Å². The van der Waals surface area contributed by atoms with Crippen LogP contribution in [0.4, 0.5) is 13.2 Å². The second-order valence-electron chi connectivity index (χ2n) is 9.12. The largest absolute Gasteiger partial charge is 0.433 e. The Labute approximate surface area is 195 Å². The van der Waals surface area contributed by atoms with Crippen molar-refractivity contribution in [1.29, 1.82) is 0 Å². The van der Waals surface area contributed by atoms with Crippen LogP contribution in [0.5, 0.6) is 0 Å². The van der Waals surface area contributed by atoms with Gasteiger partial charge >= 0.3 is 6.18 Å². The number of alkyl halides is 3. The van der Waals surface area contributed by atoms with Crippen molar-refractivity contribution >= 4 is 22.7 Å². The van der Waals surface area contributed by atoms with Gasteiger partial charge in [-0.25, -0.2) is 4.98 Å². The average Bonchev–Trinajstić information content (AvgIpc) is 3.54. The van der Waals surface area contributed by atoms with Crippen LogP contribution in [0.15, 0.2) is 47.9 Å². The summed E-state index contributed by atoms with van der Waals surface area (Å²) < 4.78 is 41.7. The lowest BCUT2D eigenvalue weighted by Crippen LogP contribution is -2.23. The number of allylic oxidation sites excluding steroid dienone is 1. The van der Waals surface area contributed by atoms with E-state index < -0.39 is 11.9 Å². The number of aryl methyl sites for hydroxylation is 1. The van der Waals surface area contributed by atoms with E-state index in [4.69, 9.17) is 0 Å². The Morgan fingerprint density at radius 3 is 2.71 bits per heavy atom.